The fraction of sp³-hybridized carbons (Fsp3) is 0.833. The molecule has 21 heavy (non-hydrogen) atoms. The summed E-state index contributed by atoms with van der Waals surface area (Å²) in [6.45, 7) is 5.75. The predicted octanol–water partition coefficient (Wildman–Crippen LogP) is 1.14. The lowest BCUT2D eigenvalue weighted by Gasteiger charge is -2.18. The highest BCUT2D eigenvalue weighted by Crippen LogP contribution is 2.29. The number of halogens is 3. The van der Waals surface area contributed by atoms with Crippen molar-refractivity contribution in [3.05, 3.63) is 0 Å². The number of carbonyl (C=O) groups is 2. The van der Waals surface area contributed by atoms with Crippen LogP contribution in [0.5, 0.6) is 0 Å². The zero-order valence-electron chi connectivity index (χ0n) is 12.1. The first kappa shape index (κ1) is 17.7. The normalized spacial score (nSPS) is 25.0. The van der Waals surface area contributed by atoms with Crippen molar-refractivity contribution in [3.63, 3.8) is 0 Å². The van der Waals surface area contributed by atoms with Crippen molar-refractivity contribution in [2.75, 3.05) is 6.54 Å². The van der Waals surface area contributed by atoms with Gasteiger partial charge in [0, 0.05) is 6.54 Å². The van der Waals surface area contributed by atoms with E-state index >= 15 is 0 Å². The summed E-state index contributed by atoms with van der Waals surface area (Å²) in [5.41, 5.74) is 0. The van der Waals surface area contributed by atoms with Crippen LogP contribution in [0.15, 0.2) is 0 Å². The van der Waals surface area contributed by atoms with Crippen LogP contribution in [0.4, 0.5) is 13.2 Å². The second-order valence-corrected chi connectivity index (χ2v) is 5.29. The van der Waals surface area contributed by atoms with E-state index in [1.165, 1.54) is 13.8 Å². The van der Waals surface area contributed by atoms with E-state index in [9.17, 15) is 22.8 Å². The molecule has 1 aliphatic heterocycles. The summed E-state index contributed by atoms with van der Waals surface area (Å²) >= 11 is 0. The Morgan fingerprint density at radius 3 is 2.33 bits per heavy atom. The van der Waals surface area contributed by atoms with E-state index in [-0.39, 0.29) is 0 Å². The molecule has 122 valence electrons. The second-order valence-electron chi connectivity index (χ2n) is 5.29. The quantitative estimate of drug-likeness (QED) is 0.788. The van der Waals surface area contributed by atoms with E-state index in [1.54, 1.807) is 19.2 Å². The molecule has 0 bridgehead atoms. The van der Waals surface area contributed by atoms with Crippen LogP contribution in [0.25, 0.3) is 0 Å². The summed E-state index contributed by atoms with van der Waals surface area (Å²) in [6, 6.07) is 0. The molecular weight excluding hydrogens is 295 g/mol. The Morgan fingerprint density at radius 2 is 1.86 bits per heavy atom. The Hall–Kier alpha value is -1.35. The average molecular weight is 313 g/mol. The highest BCUT2D eigenvalue weighted by Gasteiger charge is 2.47. The third-order valence-corrected chi connectivity index (χ3v) is 2.49. The largest absolute Gasteiger partial charge is 0.471 e. The van der Waals surface area contributed by atoms with Gasteiger partial charge in [0.15, 0.2) is 11.9 Å². The van der Waals surface area contributed by atoms with Crippen LogP contribution in [0.3, 0.4) is 0 Å². The molecule has 0 unspecified atom stereocenters. The van der Waals surface area contributed by atoms with Gasteiger partial charge in [0.2, 0.25) is 0 Å². The summed E-state index contributed by atoms with van der Waals surface area (Å²) in [6.07, 6.45) is -7.66. The smallest absolute Gasteiger partial charge is 0.461 e. The van der Waals surface area contributed by atoms with E-state index in [4.69, 9.17) is 14.2 Å². The topological polar surface area (TPSA) is 73.9 Å². The number of rotatable bonds is 4. The summed E-state index contributed by atoms with van der Waals surface area (Å²) < 4.78 is 52.0. The summed E-state index contributed by atoms with van der Waals surface area (Å²) in [5, 5.41) is 1.66. The third kappa shape index (κ3) is 5.16. The lowest BCUT2D eigenvalue weighted by molar-refractivity contribution is -0.175. The molecular formula is C12H18F3NO5. The molecule has 6 nitrogen and oxygen atoms in total. The Labute approximate surface area is 119 Å². The number of ether oxygens (including phenoxy) is 3. The fourth-order valence-corrected chi connectivity index (χ4v) is 1.78. The Balaban J connectivity index is 2.69. The van der Waals surface area contributed by atoms with Crippen molar-refractivity contribution in [1.82, 2.24) is 5.32 Å². The standard InChI is InChI=1S/C12H18F3NO5/c1-6(2)19-9(17)8-7(20-11(3,4)21-8)5-16-10(18)12(13,14)15/h6-8H,5H2,1-4H3,(H,16,18)/t7-,8+/m0/s1. The molecule has 1 amide bonds. The minimum Gasteiger partial charge on any atom is -0.461 e. The highest BCUT2D eigenvalue weighted by atomic mass is 19.4. The molecule has 0 radical (unpaired) electrons. The van der Waals surface area contributed by atoms with Crippen molar-refractivity contribution >= 4 is 11.9 Å². The number of esters is 1. The number of amides is 1. The van der Waals surface area contributed by atoms with Crippen LogP contribution in [0.2, 0.25) is 0 Å². The van der Waals surface area contributed by atoms with Crippen molar-refractivity contribution in [2.24, 2.45) is 0 Å². The first-order valence-electron chi connectivity index (χ1n) is 6.33. The number of hydrogen-bond donors (Lipinski definition) is 1. The van der Waals surface area contributed by atoms with Gasteiger partial charge in [-0.15, -0.1) is 0 Å². The molecule has 1 rings (SSSR count). The molecule has 0 aromatic heterocycles. The molecule has 0 saturated carbocycles. The van der Waals surface area contributed by atoms with Crippen molar-refractivity contribution in [2.45, 2.75) is 58.0 Å². The van der Waals surface area contributed by atoms with E-state index in [1.807, 2.05) is 0 Å². The van der Waals surface area contributed by atoms with Gasteiger partial charge in [-0.2, -0.15) is 13.2 Å². The molecule has 0 aliphatic carbocycles. The summed E-state index contributed by atoms with van der Waals surface area (Å²) in [7, 11) is 0. The zero-order valence-corrected chi connectivity index (χ0v) is 12.1. The maximum atomic E-state index is 12.1. The maximum Gasteiger partial charge on any atom is 0.471 e. The van der Waals surface area contributed by atoms with Gasteiger partial charge in [-0.05, 0) is 27.7 Å². The molecule has 1 N–H and O–H groups in total. The second kappa shape index (κ2) is 6.18. The minimum atomic E-state index is -5.00. The van der Waals surface area contributed by atoms with E-state index in [2.05, 4.69) is 0 Å². The molecule has 0 aromatic rings. The van der Waals surface area contributed by atoms with Crippen LogP contribution in [-0.2, 0) is 23.8 Å². The lowest BCUT2D eigenvalue weighted by atomic mass is 10.2. The van der Waals surface area contributed by atoms with Gasteiger partial charge in [-0.3, -0.25) is 4.79 Å². The Bertz CT molecular complexity index is 408. The average Bonchev–Trinajstić information content (AvgIpc) is 2.59. The van der Waals surface area contributed by atoms with Crippen LogP contribution in [0.1, 0.15) is 27.7 Å². The van der Waals surface area contributed by atoms with Gasteiger partial charge in [0.05, 0.1) is 6.10 Å². The van der Waals surface area contributed by atoms with E-state index < -0.39 is 48.7 Å². The van der Waals surface area contributed by atoms with Crippen molar-refractivity contribution < 1.29 is 37.0 Å². The number of hydrogen-bond acceptors (Lipinski definition) is 5. The molecule has 0 spiro atoms. The van der Waals surface area contributed by atoms with Crippen molar-refractivity contribution in [3.8, 4) is 0 Å². The lowest BCUT2D eigenvalue weighted by Crippen LogP contribution is -2.45. The SMILES string of the molecule is CC(C)OC(=O)[C@@H]1OC(C)(C)O[C@H]1CNC(=O)C(F)(F)F. The Kier molecular flexibility index (Phi) is 5.21. The first-order valence-corrected chi connectivity index (χ1v) is 6.33. The predicted molar refractivity (Wildman–Crippen MR) is 64.1 cm³/mol. The first-order chi connectivity index (χ1) is 9.42. The Morgan fingerprint density at radius 1 is 1.29 bits per heavy atom. The number of alkyl halides is 3. The molecule has 2 atom stereocenters. The van der Waals surface area contributed by atoms with E-state index in [0.717, 1.165) is 0 Å². The third-order valence-electron chi connectivity index (χ3n) is 2.49. The van der Waals surface area contributed by atoms with Gasteiger partial charge in [0.1, 0.15) is 6.10 Å². The molecule has 1 aliphatic rings. The zero-order chi connectivity index (χ0) is 16.4. The molecule has 1 heterocycles. The van der Waals surface area contributed by atoms with E-state index in [0.29, 0.717) is 0 Å². The van der Waals surface area contributed by atoms with Crippen LogP contribution < -0.4 is 5.32 Å². The van der Waals surface area contributed by atoms with Gasteiger partial charge in [0.25, 0.3) is 0 Å². The fourth-order valence-electron chi connectivity index (χ4n) is 1.78. The van der Waals surface area contributed by atoms with Gasteiger partial charge in [-0.25, -0.2) is 4.79 Å². The molecule has 1 fully saturated rings. The van der Waals surface area contributed by atoms with Gasteiger partial charge < -0.3 is 19.5 Å². The molecule has 0 aromatic carbocycles. The molecule has 9 heteroatoms. The number of nitrogens with one attached hydrogen (secondary N) is 1. The number of carbonyl (C=O) groups excluding carboxylic acids is 2. The maximum absolute atomic E-state index is 12.1. The van der Waals surface area contributed by atoms with Crippen LogP contribution in [-0.4, -0.2) is 48.7 Å². The van der Waals surface area contributed by atoms with Gasteiger partial charge in [-0.1, -0.05) is 0 Å². The van der Waals surface area contributed by atoms with Crippen LogP contribution >= 0.6 is 0 Å². The minimum absolute atomic E-state index is 0.407. The van der Waals surface area contributed by atoms with Gasteiger partial charge >= 0.3 is 18.1 Å². The highest BCUT2D eigenvalue weighted by molar-refractivity contribution is 5.82. The summed E-state index contributed by atoms with van der Waals surface area (Å²) in [4.78, 5) is 22.6. The van der Waals surface area contributed by atoms with Crippen LogP contribution in [0, 0.1) is 0 Å². The molecule has 1 saturated heterocycles. The summed E-state index contributed by atoms with van der Waals surface area (Å²) in [5.74, 6) is -4.01. The monoisotopic (exact) mass is 313 g/mol. The van der Waals surface area contributed by atoms with Crippen molar-refractivity contribution in [1.29, 1.82) is 0 Å².